The van der Waals surface area contributed by atoms with Gasteiger partial charge in [0.05, 0.1) is 5.75 Å². The molecule has 0 saturated carbocycles. The van der Waals surface area contributed by atoms with Crippen molar-refractivity contribution in [1.29, 1.82) is 0 Å². The predicted molar refractivity (Wildman–Crippen MR) is 113 cm³/mol. The Hall–Kier alpha value is -2.46. The summed E-state index contributed by atoms with van der Waals surface area (Å²) in [6.45, 7) is 9.69. The Bertz CT molecular complexity index is 1180. The summed E-state index contributed by atoms with van der Waals surface area (Å²) in [6.07, 6.45) is 0. The zero-order valence-corrected chi connectivity index (χ0v) is 17.9. The number of hydrogen-bond acceptors (Lipinski definition) is 7. The van der Waals surface area contributed by atoms with Crippen LogP contribution in [0, 0.1) is 20.8 Å². The maximum atomic E-state index is 12.4. The SMILES string of the molecule is Cc1[nH]c(=O)[nH]c(=O)c1NC(=O)CSc1nc(C(C)C)nc2sc(C)c(C)c12. The number of nitrogens with one attached hydrogen (secondary N) is 3. The summed E-state index contributed by atoms with van der Waals surface area (Å²) in [4.78, 5) is 51.5. The Morgan fingerprint density at radius 2 is 1.89 bits per heavy atom. The average molecular weight is 420 g/mol. The van der Waals surface area contributed by atoms with Crippen LogP contribution in [0.1, 0.15) is 41.7 Å². The molecule has 0 radical (unpaired) electrons. The highest BCUT2D eigenvalue weighted by atomic mass is 32.2. The summed E-state index contributed by atoms with van der Waals surface area (Å²) in [5.74, 6) is 0.635. The van der Waals surface area contributed by atoms with Crippen molar-refractivity contribution in [1.82, 2.24) is 19.9 Å². The lowest BCUT2D eigenvalue weighted by Crippen LogP contribution is -2.29. The van der Waals surface area contributed by atoms with Gasteiger partial charge in [-0.3, -0.25) is 14.6 Å². The van der Waals surface area contributed by atoms with Gasteiger partial charge in [0.25, 0.3) is 5.56 Å². The number of aryl methyl sites for hydroxylation is 3. The summed E-state index contributed by atoms with van der Waals surface area (Å²) < 4.78 is 0. The molecule has 0 saturated heterocycles. The molecule has 3 heterocycles. The number of aromatic nitrogens is 4. The van der Waals surface area contributed by atoms with Crippen LogP contribution in [0.3, 0.4) is 0 Å². The van der Waals surface area contributed by atoms with Crippen LogP contribution in [0.15, 0.2) is 14.6 Å². The third-order valence-corrected chi connectivity index (χ3v) is 6.34. The maximum Gasteiger partial charge on any atom is 0.326 e. The van der Waals surface area contributed by atoms with Crippen molar-refractivity contribution in [2.24, 2.45) is 0 Å². The zero-order valence-electron chi connectivity index (χ0n) is 16.2. The van der Waals surface area contributed by atoms with E-state index in [0.717, 1.165) is 26.6 Å². The first-order valence-corrected chi connectivity index (χ1v) is 10.5. The van der Waals surface area contributed by atoms with E-state index in [1.54, 1.807) is 18.3 Å². The van der Waals surface area contributed by atoms with Crippen LogP contribution in [0.2, 0.25) is 0 Å². The number of anilines is 1. The van der Waals surface area contributed by atoms with Gasteiger partial charge < -0.3 is 10.3 Å². The van der Waals surface area contributed by atoms with Gasteiger partial charge in [0, 0.05) is 21.9 Å². The van der Waals surface area contributed by atoms with Crippen LogP contribution >= 0.6 is 23.1 Å². The van der Waals surface area contributed by atoms with Gasteiger partial charge in [0.2, 0.25) is 5.91 Å². The molecular formula is C18H21N5O3S2. The molecule has 0 atom stereocenters. The third kappa shape index (κ3) is 4.02. The summed E-state index contributed by atoms with van der Waals surface area (Å²) >= 11 is 2.93. The van der Waals surface area contributed by atoms with Gasteiger partial charge in [-0.05, 0) is 26.3 Å². The standard InChI is InChI=1S/C18H21N5O3S2/c1-7(2)14-21-16(12-8(3)10(5)28-17(12)22-14)27-6-11(24)20-13-9(4)19-18(26)23-15(13)25/h7H,6H2,1-5H3,(H,20,24)(H2,19,23,25,26). The van der Waals surface area contributed by atoms with Crippen LogP contribution in [0.5, 0.6) is 0 Å². The highest BCUT2D eigenvalue weighted by molar-refractivity contribution is 8.00. The molecule has 3 aromatic rings. The fourth-order valence-corrected chi connectivity index (χ4v) is 4.64. The van der Waals surface area contributed by atoms with Gasteiger partial charge in [-0.2, -0.15) is 0 Å². The molecule has 0 aromatic carbocycles. The van der Waals surface area contributed by atoms with Crippen LogP contribution in [0.25, 0.3) is 10.2 Å². The molecule has 148 valence electrons. The highest BCUT2D eigenvalue weighted by Crippen LogP contribution is 2.36. The lowest BCUT2D eigenvalue weighted by Gasteiger charge is -2.09. The van der Waals surface area contributed by atoms with Crippen molar-refractivity contribution in [2.45, 2.75) is 45.6 Å². The van der Waals surface area contributed by atoms with Crippen molar-refractivity contribution in [3.63, 3.8) is 0 Å². The smallest absolute Gasteiger partial charge is 0.319 e. The highest BCUT2D eigenvalue weighted by Gasteiger charge is 2.18. The molecule has 0 aliphatic heterocycles. The van der Waals surface area contributed by atoms with Crippen LogP contribution in [0.4, 0.5) is 5.69 Å². The Morgan fingerprint density at radius 1 is 1.18 bits per heavy atom. The second kappa shape index (κ2) is 7.88. The molecule has 10 heteroatoms. The van der Waals surface area contributed by atoms with Gasteiger partial charge in [-0.1, -0.05) is 25.6 Å². The van der Waals surface area contributed by atoms with E-state index in [1.807, 2.05) is 27.7 Å². The average Bonchev–Trinajstić information content (AvgIpc) is 2.90. The van der Waals surface area contributed by atoms with Crippen molar-refractivity contribution < 1.29 is 4.79 Å². The molecular weight excluding hydrogens is 398 g/mol. The van der Waals surface area contributed by atoms with Gasteiger partial charge in [0.15, 0.2) is 0 Å². The molecule has 3 rings (SSSR count). The molecule has 0 fully saturated rings. The number of fused-ring (bicyclic) bond motifs is 1. The fraction of sp³-hybridized carbons (Fsp3) is 0.389. The molecule has 8 nitrogen and oxygen atoms in total. The number of carbonyl (C=O) groups excluding carboxylic acids is 1. The summed E-state index contributed by atoms with van der Waals surface area (Å²) in [5.41, 5.74) is 0.232. The Labute approximate surface area is 169 Å². The van der Waals surface area contributed by atoms with Crippen LogP contribution in [-0.2, 0) is 4.79 Å². The normalized spacial score (nSPS) is 11.4. The quantitative estimate of drug-likeness (QED) is 0.432. The second-order valence-corrected chi connectivity index (χ2v) is 8.92. The molecule has 0 spiro atoms. The monoisotopic (exact) mass is 419 g/mol. The van der Waals surface area contributed by atoms with Crippen molar-refractivity contribution in [3.05, 3.63) is 42.8 Å². The number of hydrogen-bond donors (Lipinski definition) is 3. The molecule has 3 N–H and O–H groups in total. The summed E-state index contributed by atoms with van der Waals surface area (Å²) in [6, 6.07) is 0. The lowest BCUT2D eigenvalue weighted by atomic mass is 10.2. The fourth-order valence-electron chi connectivity index (χ4n) is 2.65. The van der Waals surface area contributed by atoms with E-state index in [0.29, 0.717) is 5.69 Å². The zero-order chi connectivity index (χ0) is 20.6. The lowest BCUT2D eigenvalue weighted by molar-refractivity contribution is -0.113. The number of rotatable bonds is 5. The minimum absolute atomic E-state index is 0.0449. The molecule has 0 unspecified atom stereocenters. The van der Waals surface area contributed by atoms with Crippen LogP contribution < -0.4 is 16.6 Å². The minimum atomic E-state index is -0.629. The summed E-state index contributed by atoms with van der Waals surface area (Å²) in [5, 5.41) is 4.30. The molecule has 0 bridgehead atoms. The first-order chi connectivity index (χ1) is 13.2. The second-order valence-electron chi connectivity index (χ2n) is 6.75. The first-order valence-electron chi connectivity index (χ1n) is 8.70. The van der Waals surface area contributed by atoms with Gasteiger partial charge in [0.1, 0.15) is 21.4 Å². The van der Waals surface area contributed by atoms with Crippen molar-refractivity contribution in [2.75, 3.05) is 11.1 Å². The largest absolute Gasteiger partial charge is 0.326 e. The van der Waals surface area contributed by atoms with E-state index >= 15 is 0 Å². The van der Waals surface area contributed by atoms with Gasteiger partial charge >= 0.3 is 5.69 Å². The summed E-state index contributed by atoms with van der Waals surface area (Å²) in [7, 11) is 0. The minimum Gasteiger partial charge on any atom is -0.319 e. The predicted octanol–water partition coefficient (Wildman–Crippen LogP) is 2.85. The van der Waals surface area contributed by atoms with E-state index in [1.165, 1.54) is 16.6 Å². The number of aromatic amines is 2. The molecule has 1 amide bonds. The number of H-pyrrole nitrogens is 2. The van der Waals surface area contributed by atoms with E-state index in [4.69, 9.17) is 0 Å². The molecule has 0 aliphatic rings. The van der Waals surface area contributed by atoms with E-state index < -0.39 is 11.2 Å². The first kappa shape index (κ1) is 20.3. The topological polar surface area (TPSA) is 121 Å². The van der Waals surface area contributed by atoms with E-state index in [2.05, 4.69) is 25.3 Å². The van der Waals surface area contributed by atoms with Gasteiger partial charge in [-0.25, -0.2) is 14.8 Å². The molecule has 0 aliphatic carbocycles. The van der Waals surface area contributed by atoms with Crippen molar-refractivity contribution in [3.8, 4) is 0 Å². The van der Waals surface area contributed by atoms with Gasteiger partial charge in [-0.15, -0.1) is 11.3 Å². The number of nitrogens with zero attached hydrogens (tertiary/aromatic N) is 2. The Kier molecular flexibility index (Phi) is 5.71. The number of amides is 1. The number of thioether (sulfide) groups is 1. The molecule has 3 aromatic heterocycles. The number of carbonyl (C=O) groups is 1. The number of thiophene rings is 1. The van der Waals surface area contributed by atoms with E-state index in [9.17, 15) is 14.4 Å². The van der Waals surface area contributed by atoms with Crippen LogP contribution in [-0.4, -0.2) is 31.6 Å². The third-order valence-electron chi connectivity index (χ3n) is 4.26. The Balaban J connectivity index is 1.86. The maximum absolute atomic E-state index is 12.4. The van der Waals surface area contributed by atoms with Crippen molar-refractivity contribution >= 4 is 44.9 Å². The Morgan fingerprint density at radius 3 is 2.54 bits per heavy atom. The van der Waals surface area contributed by atoms with E-state index in [-0.39, 0.29) is 23.3 Å². The molecule has 28 heavy (non-hydrogen) atoms.